The quantitative estimate of drug-likeness (QED) is 0.822. The Morgan fingerprint density at radius 1 is 1.27 bits per heavy atom. The van der Waals surface area contributed by atoms with Crippen LogP contribution < -0.4 is 4.74 Å². The molecule has 5 nitrogen and oxygen atoms in total. The van der Waals surface area contributed by atoms with E-state index in [-0.39, 0.29) is 29.5 Å². The summed E-state index contributed by atoms with van der Waals surface area (Å²) in [7, 11) is -1.38. The molecule has 0 N–H and O–H groups in total. The van der Waals surface area contributed by atoms with Crippen LogP contribution in [0.4, 0.5) is 0 Å². The fourth-order valence-electron chi connectivity index (χ4n) is 3.10. The maximum absolute atomic E-state index is 12.7. The molecule has 1 aromatic rings. The summed E-state index contributed by atoms with van der Waals surface area (Å²) in [6.45, 7) is 0. The van der Waals surface area contributed by atoms with E-state index in [4.69, 9.17) is 4.74 Å². The first kappa shape index (κ1) is 15.3. The molecule has 1 aliphatic carbocycles. The van der Waals surface area contributed by atoms with Crippen LogP contribution in [0.3, 0.4) is 0 Å². The van der Waals surface area contributed by atoms with E-state index in [1.165, 1.54) is 0 Å². The van der Waals surface area contributed by atoms with Gasteiger partial charge in [0, 0.05) is 12.1 Å². The third kappa shape index (κ3) is 3.43. The van der Waals surface area contributed by atoms with Crippen molar-refractivity contribution < 1.29 is 17.9 Å². The highest BCUT2D eigenvalue weighted by Crippen LogP contribution is 2.33. The van der Waals surface area contributed by atoms with Gasteiger partial charge >= 0.3 is 0 Å². The van der Waals surface area contributed by atoms with Gasteiger partial charge in [0.2, 0.25) is 5.91 Å². The Kier molecular flexibility index (Phi) is 4.12. The van der Waals surface area contributed by atoms with Gasteiger partial charge in [0.05, 0.1) is 25.0 Å². The SMILES string of the molecule is COc1cccc(CC(=O)N(C2CC2)C2CCS(=O)(=O)C2)c1. The maximum atomic E-state index is 12.7. The largest absolute Gasteiger partial charge is 0.497 e. The third-order valence-corrected chi connectivity index (χ3v) is 6.07. The zero-order valence-electron chi connectivity index (χ0n) is 12.7. The Labute approximate surface area is 131 Å². The van der Waals surface area contributed by atoms with Crippen LogP contribution in [0.25, 0.3) is 0 Å². The molecule has 1 unspecified atom stereocenters. The number of sulfone groups is 1. The first-order valence-electron chi connectivity index (χ1n) is 7.63. The van der Waals surface area contributed by atoms with Crippen molar-refractivity contribution in [3.8, 4) is 5.75 Å². The van der Waals surface area contributed by atoms with Gasteiger partial charge in [0.15, 0.2) is 9.84 Å². The number of hydrogen-bond acceptors (Lipinski definition) is 4. The van der Waals surface area contributed by atoms with Crippen molar-refractivity contribution in [2.75, 3.05) is 18.6 Å². The van der Waals surface area contributed by atoms with Gasteiger partial charge in [-0.05, 0) is 37.0 Å². The Morgan fingerprint density at radius 2 is 2.05 bits per heavy atom. The standard InChI is InChI=1S/C16H21NO4S/c1-21-15-4-2-3-12(9-15)10-16(18)17(13-5-6-13)14-7-8-22(19,20)11-14/h2-4,9,13-14H,5-8,10-11H2,1H3. The maximum Gasteiger partial charge on any atom is 0.227 e. The number of methoxy groups -OCH3 is 1. The molecule has 22 heavy (non-hydrogen) atoms. The van der Waals surface area contributed by atoms with E-state index >= 15 is 0 Å². The van der Waals surface area contributed by atoms with Gasteiger partial charge in [-0.1, -0.05) is 12.1 Å². The van der Waals surface area contributed by atoms with Gasteiger partial charge in [-0.15, -0.1) is 0 Å². The molecule has 1 aliphatic heterocycles. The monoisotopic (exact) mass is 323 g/mol. The summed E-state index contributed by atoms with van der Waals surface area (Å²) in [5.74, 6) is 1.07. The van der Waals surface area contributed by atoms with Crippen LogP contribution in [0.5, 0.6) is 5.75 Å². The predicted molar refractivity (Wildman–Crippen MR) is 83.6 cm³/mol. The minimum absolute atomic E-state index is 0.0258. The van der Waals surface area contributed by atoms with Crippen LogP contribution in [0.1, 0.15) is 24.8 Å². The molecule has 2 aliphatic rings. The molecule has 0 aromatic heterocycles. The van der Waals surface area contributed by atoms with Crippen LogP contribution in [-0.2, 0) is 21.1 Å². The zero-order chi connectivity index (χ0) is 15.7. The smallest absolute Gasteiger partial charge is 0.227 e. The highest BCUT2D eigenvalue weighted by molar-refractivity contribution is 7.91. The number of rotatable bonds is 5. The number of carbonyl (C=O) groups is 1. The number of amides is 1. The van der Waals surface area contributed by atoms with Crippen LogP contribution in [-0.4, -0.2) is 49.9 Å². The molecule has 1 saturated carbocycles. The molecule has 1 heterocycles. The predicted octanol–water partition coefficient (Wildman–Crippen LogP) is 1.42. The Bertz CT molecular complexity index is 666. The Hall–Kier alpha value is -1.56. The van der Waals surface area contributed by atoms with Crippen LogP contribution in [0, 0.1) is 0 Å². The second-order valence-electron chi connectivity index (χ2n) is 6.12. The van der Waals surface area contributed by atoms with Gasteiger partial charge < -0.3 is 9.64 Å². The normalized spacial score (nSPS) is 23.2. The van der Waals surface area contributed by atoms with E-state index in [1.54, 1.807) is 7.11 Å². The van der Waals surface area contributed by atoms with E-state index in [0.29, 0.717) is 12.8 Å². The summed E-state index contributed by atoms with van der Waals surface area (Å²) in [5, 5.41) is 0. The second kappa shape index (κ2) is 5.91. The minimum Gasteiger partial charge on any atom is -0.497 e. The molecule has 1 saturated heterocycles. The van der Waals surface area contributed by atoms with Crippen molar-refractivity contribution in [3.05, 3.63) is 29.8 Å². The molecule has 2 fully saturated rings. The van der Waals surface area contributed by atoms with Gasteiger partial charge in [-0.25, -0.2) is 8.42 Å². The first-order chi connectivity index (χ1) is 10.5. The number of ether oxygens (including phenoxy) is 1. The fourth-order valence-corrected chi connectivity index (χ4v) is 4.81. The molecule has 0 bridgehead atoms. The van der Waals surface area contributed by atoms with Crippen LogP contribution in [0.2, 0.25) is 0 Å². The molecule has 1 aromatic carbocycles. The number of benzene rings is 1. The fraction of sp³-hybridized carbons (Fsp3) is 0.562. The molecule has 1 atom stereocenters. The topological polar surface area (TPSA) is 63.7 Å². The highest BCUT2D eigenvalue weighted by Gasteiger charge is 2.41. The summed E-state index contributed by atoms with van der Waals surface area (Å²) < 4.78 is 28.6. The molecule has 6 heteroatoms. The van der Waals surface area contributed by atoms with Gasteiger partial charge in [0.1, 0.15) is 5.75 Å². The zero-order valence-corrected chi connectivity index (χ0v) is 13.5. The van der Waals surface area contributed by atoms with E-state index in [0.717, 1.165) is 24.2 Å². The molecular formula is C16H21NO4S. The van der Waals surface area contributed by atoms with E-state index in [2.05, 4.69) is 0 Å². The van der Waals surface area contributed by atoms with Gasteiger partial charge in [-0.3, -0.25) is 4.79 Å². The molecule has 1 amide bonds. The molecular weight excluding hydrogens is 302 g/mol. The Morgan fingerprint density at radius 3 is 2.64 bits per heavy atom. The summed E-state index contributed by atoms with van der Waals surface area (Å²) >= 11 is 0. The van der Waals surface area contributed by atoms with Crippen molar-refractivity contribution in [2.24, 2.45) is 0 Å². The van der Waals surface area contributed by atoms with Crippen molar-refractivity contribution >= 4 is 15.7 Å². The minimum atomic E-state index is -2.98. The lowest BCUT2D eigenvalue weighted by Gasteiger charge is -2.28. The molecule has 120 valence electrons. The van der Waals surface area contributed by atoms with Gasteiger partial charge in [-0.2, -0.15) is 0 Å². The molecule has 0 radical (unpaired) electrons. The number of hydrogen-bond donors (Lipinski definition) is 0. The molecule has 0 spiro atoms. The van der Waals surface area contributed by atoms with Crippen molar-refractivity contribution in [3.63, 3.8) is 0 Å². The number of carbonyl (C=O) groups excluding carboxylic acids is 1. The lowest BCUT2D eigenvalue weighted by molar-refractivity contribution is -0.133. The first-order valence-corrected chi connectivity index (χ1v) is 9.45. The summed E-state index contributed by atoms with van der Waals surface area (Å²) in [6.07, 6.45) is 2.84. The molecule has 3 rings (SSSR count). The van der Waals surface area contributed by atoms with E-state index < -0.39 is 9.84 Å². The van der Waals surface area contributed by atoms with Crippen molar-refractivity contribution in [1.29, 1.82) is 0 Å². The van der Waals surface area contributed by atoms with Crippen molar-refractivity contribution in [1.82, 2.24) is 4.90 Å². The van der Waals surface area contributed by atoms with Crippen LogP contribution >= 0.6 is 0 Å². The summed E-state index contributed by atoms with van der Waals surface area (Å²) in [6, 6.07) is 7.55. The van der Waals surface area contributed by atoms with Crippen molar-refractivity contribution in [2.45, 2.75) is 37.8 Å². The van der Waals surface area contributed by atoms with E-state index in [1.807, 2.05) is 29.2 Å². The average Bonchev–Trinajstić information content (AvgIpc) is 3.23. The Balaban J connectivity index is 1.73. The second-order valence-corrected chi connectivity index (χ2v) is 8.35. The van der Waals surface area contributed by atoms with E-state index in [9.17, 15) is 13.2 Å². The van der Waals surface area contributed by atoms with Gasteiger partial charge in [0.25, 0.3) is 0 Å². The summed E-state index contributed by atoms with van der Waals surface area (Å²) in [5.41, 5.74) is 0.899. The highest BCUT2D eigenvalue weighted by atomic mass is 32.2. The lowest BCUT2D eigenvalue weighted by atomic mass is 10.1. The third-order valence-electron chi connectivity index (χ3n) is 4.32. The number of nitrogens with zero attached hydrogens (tertiary/aromatic N) is 1. The summed E-state index contributed by atoms with van der Waals surface area (Å²) in [4.78, 5) is 14.5. The van der Waals surface area contributed by atoms with Crippen LogP contribution in [0.15, 0.2) is 24.3 Å². The average molecular weight is 323 g/mol. The lowest BCUT2D eigenvalue weighted by Crippen LogP contribution is -2.43.